The Balaban J connectivity index is 2.63. The van der Waals surface area contributed by atoms with E-state index in [9.17, 15) is 0 Å². The summed E-state index contributed by atoms with van der Waals surface area (Å²) in [6.07, 6.45) is 0. The third kappa shape index (κ3) is 2.86. The molecule has 0 aromatic heterocycles. The molecule has 0 radical (unpaired) electrons. The summed E-state index contributed by atoms with van der Waals surface area (Å²) in [5.74, 6) is 0. The highest BCUT2D eigenvalue weighted by molar-refractivity contribution is 5.19. The van der Waals surface area contributed by atoms with Gasteiger partial charge >= 0.3 is 0 Å². The van der Waals surface area contributed by atoms with Crippen LogP contribution in [0.1, 0.15) is 11.6 Å². The van der Waals surface area contributed by atoms with E-state index in [0.29, 0.717) is 0 Å². The molecule has 0 aliphatic heterocycles. The molecule has 0 bridgehead atoms. The average Bonchev–Trinajstić information content (AvgIpc) is 2.21. The molecule has 2 N–H and O–H groups in total. The fourth-order valence-electron chi connectivity index (χ4n) is 1.14. The van der Waals surface area contributed by atoms with Crippen LogP contribution >= 0.6 is 0 Å². The highest BCUT2D eigenvalue weighted by atomic mass is 16.3. The first-order valence-electron chi connectivity index (χ1n) is 4.14. The van der Waals surface area contributed by atoms with Gasteiger partial charge in [0.2, 0.25) is 0 Å². The van der Waals surface area contributed by atoms with Crippen molar-refractivity contribution in [3.8, 4) is 6.07 Å². The number of nitriles is 1. The molecule has 0 aliphatic rings. The minimum atomic E-state index is -0.138. The number of hydrogen-bond acceptors (Lipinski definition) is 3. The van der Waals surface area contributed by atoms with Crippen LogP contribution in [0.5, 0.6) is 0 Å². The van der Waals surface area contributed by atoms with Crippen molar-refractivity contribution in [2.45, 2.75) is 6.04 Å². The number of nitrogens with one attached hydrogen (secondary N) is 1. The largest absolute Gasteiger partial charge is 0.394 e. The number of nitrogens with zero attached hydrogens (tertiary/aromatic N) is 1. The van der Waals surface area contributed by atoms with E-state index in [1.807, 2.05) is 36.4 Å². The summed E-state index contributed by atoms with van der Waals surface area (Å²) in [7, 11) is 0. The van der Waals surface area contributed by atoms with Crippen molar-refractivity contribution in [1.82, 2.24) is 5.32 Å². The molecule has 0 unspecified atom stereocenters. The van der Waals surface area contributed by atoms with Crippen LogP contribution in [0.2, 0.25) is 0 Å². The van der Waals surface area contributed by atoms with Gasteiger partial charge in [0.05, 0.1) is 25.3 Å². The molecule has 0 fully saturated rings. The second-order valence-electron chi connectivity index (χ2n) is 2.68. The first-order chi connectivity index (χ1) is 6.38. The first kappa shape index (κ1) is 9.72. The van der Waals surface area contributed by atoms with Gasteiger partial charge in [-0.2, -0.15) is 5.26 Å². The summed E-state index contributed by atoms with van der Waals surface area (Å²) in [6.45, 7) is 0.256. The second-order valence-corrected chi connectivity index (χ2v) is 2.68. The molecule has 3 nitrogen and oxygen atoms in total. The van der Waals surface area contributed by atoms with Crippen molar-refractivity contribution < 1.29 is 5.11 Å². The third-order valence-electron chi connectivity index (χ3n) is 1.81. The Kier molecular flexibility index (Phi) is 3.97. The fourth-order valence-corrected chi connectivity index (χ4v) is 1.14. The zero-order valence-electron chi connectivity index (χ0n) is 7.27. The van der Waals surface area contributed by atoms with E-state index in [0.717, 1.165) is 5.56 Å². The lowest BCUT2D eigenvalue weighted by molar-refractivity contribution is 0.248. The Labute approximate surface area is 77.6 Å². The van der Waals surface area contributed by atoms with Crippen molar-refractivity contribution in [1.29, 1.82) is 5.26 Å². The minimum Gasteiger partial charge on any atom is -0.394 e. The summed E-state index contributed by atoms with van der Waals surface area (Å²) in [6, 6.07) is 11.4. The van der Waals surface area contributed by atoms with E-state index in [4.69, 9.17) is 10.4 Å². The smallest absolute Gasteiger partial charge is 0.0846 e. The van der Waals surface area contributed by atoms with Gasteiger partial charge in [-0.15, -0.1) is 0 Å². The molecule has 1 aromatic rings. The van der Waals surface area contributed by atoms with Crippen LogP contribution < -0.4 is 5.32 Å². The molecule has 3 heteroatoms. The first-order valence-corrected chi connectivity index (χ1v) is 4.14. The summed E-state index contributed by atoms with van der Waals surface area (Å²) < 4.78 is 0. The number of aliphatic hydroxyl groups excluding tert-OH is 1. The lowest BCUT2D eigenvalue weighted by Gasteiger charge is -2.13. The molecule has 1 atom stereocenters. The van der Waals surface area contributed by atoms with Gasteiger partial charge < -0.3 is 5.11 Å². The second kappa shape index (κ2) is 5.31. The SMILES string of the molecule is N#CCN[C@H](CO)c1ccccc1. The standard InChI is InChI=1S/C10H12N2O/c11-6-7-12-10(8-13)9-4-2-1-3-5-9/h1-5,10,12-13H,7-8H2/t10-/m1/s1. The Morgan fingerprint density at radius 2 is 2.08 bits per heavy atom. The van der Waals surface area contributed by atoms with E-state index in [-0.39, 0.29) is 19.2 Å². The van der Waals surface area contributed by atoms with Gasteiger partial charge in [0.15, 0.2) is 0 Å². The van der Waals surface area contributed by atoms with Crippen LogP contribution in [0.25, 0.3) is 0 Å². The van der Waals surface area contributed by atoms with Gasteiger partial charge in [-0.25, -0.2) is 0 Å². The zero-order valence-corrected chi connectivity index (χ0v) is 7.27. The Bertz CT molecular complexity index is 279. The Hall–Kier alpha value is -1.37. The van der Waals surface area contributed by atoms with Crippen molar-refractivity contribution >= 4 is 0 Å². The summed E-state index contributed by atoms with van der Waals surface area (Å²) in [4.78, 5) is 0. The van der Waals surface area contributed by atoms with Crippen LogP contribution in [0.15, 0.2) is 30.3 Å². The normalized spacial score (nSPS) is 12.0. The van der Waals surface area contributed by atoms with Crippen LogP contribution in [0.3, 0.4) is 0 Å². The molecule has 68 valence electrons. The summed E-state index contributed by atoms with van der Waals surface area (Å²) in [5, 5.41) is 20.3. The average molecular weight is 176 g/mol. The van der Waals surface area contributed by atoms with Crippen molar-refractivity contribution in [2.24, 2.45) is 0 Å². The molecule has 0 heterocycles. The number of hydrogen-bond donors (Lipinski definition) is 2. The summed E-state index contributed by atoms with van der Waals surface area (Å²) in [5.41, 5.74) is 1.00. The van der Waals surface area contributed by atoms with Gasteiger partial charge in [0.25, 0.3) is 0 Å². The van der Waals surface area contributed by atoms with Crippen LogP contribution in [-0.2, 0) is 0 Å². The topological polar surface area (TPSA) is 56.0 Å². The maximum atomic E-state index is 9.03. The molecule has 0 amide bonds. The Morgan fingerprint density at radius 1 is 1.38 bits per heavy atom. The third-order valence-corrected chi connectivity index (χ3v) is 1.81. The molecule has 1 aromatic carbocycles. The number of rotatable bonds is 4. The molecule has 0 saturated carbocycles. The van der Waals surface area contributed by atoms with Crippen molar-refractivity contribution in [3.63, 3.8) is 0 Å². The molecular weight excluding hydrogens is 164 g/mol. The Morgan fingerprint density at radius 3 is 2.62 bits per heavy atom. The highest BCUT2D eigenvalue weighted by Crippen LogP contribution is 2.10. The molecule has 0 aliphatic carbocycles. The van der Waals surface area contributed by atoms with Crippen LogP contribution in [0, 0.1) is 11.3 Å². The van der Waals surface area contributed by atoms with Gasteiger partial charge in [-0.1, -0.05) is 30.3 Å². The summed E-state index contributed by atoms with van der Waals surface area (Å²) >= 11 is 0. The molecule has 1 rings (SSSR count). The predicted molar refractivity (Wildman–Crippen MR) is 49.9 cm³/mol. The predicted octanol–water partition coefficient (Wildman–Crippen LogP) is 0.833. The van der Waals surface area contributed by atoms with Gasteiger partial charge in [0, 0.05) is 0 Å². The van der Waals surface area contributed by atoms with E-state index in [1.165, 1.54) is 0 Å². The van der Waals surface area contributed by atoms with Crippen molar-refractivity contribution in [2.75, 3.05) is 13.2 Å². The van der Waals surface area contributed by atoms with E-state index in [1.54, 1.807) is 0 Å². The van der Waals surface area contributed by atoms with Crippen LogP contribution in [0.4, 0.5) is 0 Å². The molecule has 0 spiro atoms. The van der Waals surface area contributed by atoms with E-state index < -0.39 is 0 Å². The van der Waals surface area contributed by atoms with E-state index in [2.05, 4.69) is 5.32 Å². The van der Waals surface area contributed by atoms with E-state index >= 15 is 0 Å². The quantitative estimate of drug-likeness (QED) is 0.668. The molecule has 13 heavy (non-hydrogen) atoms. The lowest BCUT2D eigenvalue weighted by Crippen LogP contribution is -2.24. The maximum absolute atomic E-state index is 9.03. The van der Waals surface area contributed by atoms with Gasteiger partial charge in [-0.3, -0.25) is 5.32 Å². The van der Waals surface area contributed by atoms with Gasteiger partial charge in [0.1, 0.15) is 0 Å². The fraction of sp³-hybridized carbons (Fsp3) is 0.300. The monoisotopic (exact) mass is 176 g/mol. The van der Waals surface area contributed by atoms with Crippen molar-refractivity contribution in [3.05, 3.63) is 35.9 Å². The van der Waals surface area contributed by atoms with Crippen LogP contribution in [-0.4, -0.2) is 18.3 Å². The minimum absolute atomic E-state index is 0.00565. The molecular formula is C10H12N2O. The molecule has 0 saturated heterocycles. The highest BCUT2D eigenvalue weighted by Gasteiger charge is 2.07. The number of aliphatic hydroxyl groups is 1. The van der Waals surface area contributed by atoms with Gasteiger partial charge in [-0.05, 0) is 5.56 Å². The maximum Gasteiger partial charge on any atom is 0.0846 e. The lowest BCUT2D eigenvalue weighted by atomic mass is 10.1. The zero-order chi connectivity index (χ0) is 9.52. The number of benzene rings is 1.